The number of aromatic nitrogens is 1. The summed E-state index contributed by atoms with van der Waals surface area (Å²) in [5, 5.41) is 0. The van der Waals surface area contributed by atoms with Gasteiger partial charge in [0, 0.05) is 11.1 Å². The summed E-state index contributed by atoms with van der Waals surface area (Å²) in [6.07, 6.45) is 2.62. The number of carbonyl (C=O) groups excluding carboxylic acids is 2. The van der Waals surface area contributed by atoms with Crippen LogP contribution in [0.4, 0.5) is 0 Å². The number of nitrogens with zero attached hydrogens (tertiary/aromatic N) is 1. The monoisotopic (exact) mass is 293 g/mol. The fraction of sp³-hybridized carbons (Fsp3) is 0. The molecule has 1 aromatic heterocycles. The van der Waals surface area contributed by atoms with Crippen molar-refractivity contribution >= 4 is 33.1 Å². The smallest absolute Gasteiger partial charge is 0.186 e. The van der Waals surface area contributed by atoms with Crippen LogP contribution in [0.25, 0.3) is 10.2 Å². The Kier molecular flexibility index (Phi) is 3.71. The molecule has 0 spiro atoms. The Morgan fingerprint density at radius 3 is 1.95 bits per heavy atom. The molecule has 0 atom stereocenters. The van der Waals surface area contributed by atoms with E-state index in [0.29, 0.717) is 11.1 Å². The van der Waals surface area contributed by atoms with E-state index in [-0.39, 0.29) is 11.6 Å². The highest BCUT2D eigenvalue weighted by atomic mass is 32.1. The van der Waals surface area contributed by atoms with E-state index in [4.69, 9.17) is 0 Å². The van der Waals surface area contributed by atoms with Crippen molar-refractivity contribution in [3.8, 4) is 0 Å². The van der Waals surface area contributed by atoms with Gasteiger partial charge >= 0.3 is 0 Å². The first-order valence-corrected chi connectivity index (χ1v) is 7.27. The van der Waals surface area contributed by atoms with Gasteiger partial charge in [0.05, 0.1) is 15.7 Å². The number of ketones is 2. The highest BCUT2D eigenvalue weighted by Crippen LogP contribution is 2.16. The number of thiazole rings is 1. The van der Waals surface area contributed by atoms with Crippen molar-refractivity contribution in [2.75, 3.05) is 0 Å². The van der Waals surface area contributed by atoms with E-state index < -0.39 is 0 Å². The highest BCUT2D eigenvalue weighted by Gasteiger charge is 2.16. The number of benzene rings is 2. The molecule has 0 radical (unpaired) electrons. The van der Waals surface area contributed by atoms with Crippen LogP contribution in [-0.4, -0.2) is 16.6 Å². The first-order valence-electron chi connectivity index (χ1n) is 6.40. The third-order valence-corrected chi connectivity index (χ3v) is 3.89. The fourth-order valence-electron chi connectivity index (χ4n) is 2.05. The standard InChI is InChI=1S/C10H6O2.C7H5NS/c11-9-5-6-10(12)8-4-2-1-3-7(8)9;1-2-4-7-6(3-1)8-5-9-7/h1-6H;1-5H. The van der Waals surface area contributed by atoms with E-state index in [1.54, 1.807) is 35.6 Å². The summed E-state index contributed by atoms with van der Waals surface area (Å²) in [6, 6.07) is 15.0. The van der Waals surface area contributed by atoms with Crippen molar-refractivity contribution in [3.05, 3.63) is 77.3 Å². The van der Waals surface area contributed by atoms with Gasteiger partial charge < -0.3 is 0 Å². The molecular weight excluding hydrogens is 282 g/mol. The van der Waals surface area contributed by atoms with Crippen LogP contribution < -0.4 is 0 Å². The van der Waals surface area contributed by atoms with Gasteiger partial charge in [-0.1, -0.05) is 36.4 Å². The molecular formula is C17H11NO2S. The Balaban J connectivity index is 0.000000131. The van der Waals surface area contributed by atoms with E-state index >= 15 is 0 Å². The molecule has 4 rings (SSSR count). The number of allylic oxidation sites excluding steroid dienone is 2. The molecule has 1 aliphatic carbocycles. The van der Waals surface area contributed by atoms with E-state index in [1.165, 1.54) is 16.9 Å². The van der Waals surface area contributed by atoms with E-state index in [2.05, 4.69) is 11.1 Å². The van der Waals surface area contributed by atoms with Gasteiger partial charge in [-0.3, -0.25) is 9.59 Å². The number of hydrogen-bond acceptors (Lipinski definition) is 4. The number of rotatable bonds is 0. The number of fused-ring (bicyclic) bond motifs is 2. The maximum Gasteiger partial charge on any atom is 0.186 e. The van der Waals surface area contributed by atoms with Crippen LogP contribution in [0.2, 0.25) is 0 Å². The zero-order valence-corrected chi connectivity index (χ0v) is 11.8. The van der Waals surface area contributed by atoms with Crippen LogP contribution in [0, 0.1) is 0 Å². The zero-order valence-electron chi connectivity index (χ0n) is 11.0. The van der Waals surface area contributed by atoms with Crippen LogP contribution in [0.15, 0.2) is 66.2 Å². The van der Waals surface area contributed by atoms with Crippen molar-refractivity contribution < 1.29 is 9.59 Å². The topological polar surface area (TPSA) is 47.0 Å². The average molecular weight is 293 g/mol. The third-order valence-electron chi connectivity index (χ3n) is 3.08. The lowest BCUT2D eigenvalue weighted by Crippen LogP contribution is -2.10. The average Bonchev–Trinajstić information content (AvgIpc) is 3.01. The Morgan fingerprint density at radius 1 is 0.762 bits per heavy atom. The van der Waals surface area contributed by atoms with Crippen LogP contribution in [0.3, 0.4) is 0 Å². The highest BCUT2D eigenvalue weighted by molar-refractivity contribution is 7.16. The van der Waals surface area contributed by atoms with Crippen molar-refractivity contribution in [1.82, 2.24) is 4.98 Å². The molecule has 0 saturated heterocycles. The maximum atomic E-state index is 11.2. The minimum absolute atomic E-state index is 0.0924. The summed E-state index contributed by atoms with van der Waals surface area (Å²) < 4.78 is 1.26. The third kappa shape index (κ3) is 2.80. The fourth-order valence-corrected chi connectivity index (χ4v) is 2.73. The van der Waals surface area contributed by atoms with Gasteiger partial charge in [-0.15, -0.1) is 11.3 Å². The summed E-state index contributed by atoms with van der Waals surface area (Å²) in [6.45, 7) is 0. The van der Waals surface area contributed by atoms with Gasteiger partial charge in [0.15, 0.2) is 11.6 Å². The lowest BCUT2D eigenvalue weighted by atomic mass is 9.95. The first-order chi connectivity index (χ1) is 10.3. The molecule has 3 aromatic rings. The lowest BCUT2D eigenvalue weighted by molar-refractivity contribution is 0.0994. The van der Waals surface area contributed by atoms with Crippen LogP contribution >= 0.6 is 11.3 Å². The van der Waals surface area contributed by atoms with Crippen LogP contribution in [-0.2, 0) is 0 Å². The minimum atomic E-state index is -0.0924. The number of hydrogen-bond donors (Lipinski definition) is 0. The van der Waals surface area contributed by atoms with Crippen molar-refractivity contribution in [2.24, 2.45) is 0 Å². The second-order valence-electron chi connectivity index (χ2n) is 4.43. The molecule has 0 N–H and O–H groups in total. The summed E-state index contributed by atoms with van der Waals surface area (Å²) in [5.74, 6) is -0.185. The Morgan fingerprint density at radius 2 is 1.33 bits per heavy atom. The Bertz CT molecular complexity index is 781. The zero-order chi connectivity index (χ0) is 14.7. The minimum Gasteiger partial charge on any atom is -0.289 e. The van der Waals surface area contributed by atoms with Gasteiger partial charge in [-0.05, 0) is 24.3 Å². The molecule has 21 heavy (non-hydrogen) atoms. The molecule has 0 amide bonds. The largest absolute Gasteiger partial charge is 0.289 e. The second-order valence-corrected chi connectivity index (χ2v) is 5.31. The maximum absolute atomic E-state index is 11.2. The predicted molar refractivity (Wildman–Crippen MR) is 83.9 cm³/mol. The van der Waals surface area contributed by atoms with E-state index in [1.807, 2.05) is 23.7 Å². The molecule has 0 unspecified atom stereocenters. The second kappa shape index (κ2) is 5.81. The molecule has 1 heterocycles. The van der Waals surface area contributed by atoms with Gasteiger partial charge in [0.25, 0.3) is 0 Å². The quantitative estimate of drug-likeness (QED) is 0.631. The molecule has 1 aliphatic rings. The van der Waals surface area contributed by atoms with E-state index in [9.17, 15) is 9.59 Å². The molecule has 0 bridgehead atoms. The van der Waals surface area contributed by atoms with E-state index in [0.717, 1.165) is 5.52 Å². The summed E-state index contributed by atoms with van der Waals surface area (Å²) >= 11 is 1.68. The summed E-state index contributed by atoms with van der Waals surface area (Å²) in [5.41, 5.74) is 3.97. The van der Waals surface area contributed by atoms with Gasteiger partial charge in [-0.2, -0.15) is 0 Å². The van der Waals surface area contributed by atoms with Crippen LogP contribution in [0.1, 0.15) is 20.7 Å². The Labute approximate surface area is 125 Å². The summed E-state index contributed by atoms with van der Waals surface area (Å²) in [7, 11) is 0. The van der Waals surface area contributed by atoms with Gasteiger partial charge in [-0.25, -0.2) is 4.98 Å². The van der Waals surface area contributed by atoms with Gasteiger partial charge in [0.2, 0.25) is 0 Å². The first kappa shape index (κ1) is 13.4. The predicted octanol–water partition coefficient (Wildman–Crippen LogP) is 3.92. The van der Waals surface area contributed by atoms with Crippen LogP contribution in [0.5, 0.6) is 0 Å². The molecule has 0 fully saturated rings. The SMILES string of the molecule is O=C1C=CC(=O)c2ccccc21.c1ccc2scnc2c1. The molecule has 4 heteroatoms. The normalized spacial score (nSPS) is 12.8. The van der Waals surface area contributed by atoms with Crippen molar-refractivity contribution in [3.63, 3.8) is 0 Å². The molecule has 102 valence electrons. The van der Waals surface area contributed by atoms with Crippen molar-refractivity contribution in [2.45, 2.75) is 0 Å². The molecule has 0 aliphatic heterocycles. The number of carbonyl (C=O) groups is 2. The Hall–Kier alpha value is -2.59. The lowest BCUT2D eigenvalue weighted by Gasteiger charge is -2.06. The molecule has 3 nitrogen and oxygen atoms in total. The van der Waals surface area contributed by atoms with Gasteiger partial charge in [0.1, 0.15) is 0 Å². The number of para-hydroxylation sites is 1. The van der Waals surface area contributed by atoms with Crippen molar-refractivity contribution in [1.29, 1.82) is 0 Å². The molecule has 2 aromatic carbocycles. The molecule has 0 saturated carbocycles. The summed E-state index contributed by atoms with van der Waals surface area (Å²) in [4.78, 5) is 26.5.